The number of carbonyl (C=O) groups is 1. The van der Waals surface area contributed by atoms with E-state index in [0.717, 1.165) is 42.0 Å². The van der Waals surface area contributed by atoms with Gasteiger partial charge in [-0.2, -0.15) is 0 Å². The standard InChI is InChI=1S/C23H26N4O3/c1-30-17-8-6-15(7-9-17)22-18-13-24-12-16(18)14-27(22)21(28)10-11-26-20-5-3-2-4-19(20)25-23(26)29/h2-9,16,18,22,24H,10-14H2,1H3,(H,25,29)/t16-,18-,22-/m0/s1. The number of nitrogens with zero attached hydrogens (tertiary/aromatic N) is 2. The molecule has 3 heterocycles. The molecule has 0 spiro atoms. The zero-order valence-corrected chi connectivity index (χ0v) is 17.0. The molecule has 5 rings (SSSR count). The Morgan fingerprint density at radius 3 is 2.73 bits per heavy atom. The van der Waals surface area contributed by atoms with Gasteiger partial charge in [0.2, 0.25) is 5.91 Å². The van der Waals surface area contributed by atoms with E-state index in [4.69, 9.17) is 4.74 Å². The van der Waals surface area contributed by atoms with Crippen molar-refractivity contribution in [2.45, 2.75) is 19.0 Å². The van der Waals surface area contributed by atoms with E-state index in [-0.39, 0.29) is 17.6 Å². The maximum absolute atomic E-state index is 13.3. The molecule has 2 fully saturated rings. The summed E-state index contributed by atoms with van der Waals surface area (Å²) in [5, 5.41) is 3.48. The predicted octanol–water partition coefficient (Wildman–Crippen LogP) is 2.15. The maximum Gasteiger partial charge on any atom is 0.326 e. The molecule has 0 saturated carbocycles. The molecule has 7 heteroatoms. The van der Waals surface area contributed by atoms with E-state index < -0.39 is 0 Å². The van der Waals surface area contributed by atoms with Crippen molar-refractivity contribution in [3.05, 3.63) is 64.6 Å². The van der Waals surface area contributed by atoms with E-state index in [0.29, 0.717) is 24.8 Å². The number of para-hydroxylation sites is 2. The molecule has 1 aromatic heterocycles. The number of imidazole rings is 1. The Bertz CT molecular complexity index is 1120. The van der Waals surface area contributed by atoms with Crippen molar-refractivity contribution in [2.75, 3.05) is 26.7 Å². The number of fused-ring (bicyclic) bond motifs is 2. The van der Waals surface area contributed by atoms with Gasteiger partial charge in [0.1, 0.15) is 5.75 Å². The number of aromatic amines is 1. The number of amides is 1. The number of hydrogen-bond donors (Lipinski definition) is 2. The Hall–Kier alpha value is -3.06. The third-order valence-electron chi connectivity index (χ3n) is 6.57. The first-order chi connectivity index (χ1) is 14.7. The van der Waals surface area contributed by atoms with E-state index >= 15 is 0 Å². The highest BCUT2D eigenvalue weighted by Gasteiger charge is 2.46. The fourth-order valence-electron chi connectivity index (χ4n) is 5.09. The second-order valence-electron chi connectivity index (χ2n) is 8.20. The van der Waals surface area contributed by atoms with Crippen LogP contribution in [0.4, 0.5) is 0 Å². The molecule has 156 valence electrons. The van der Waals surface area contributed by atoms with Crippen LogP contribution in [0.5, 0.6) is 5.75 Å². The molecule has 2 aliphatic rings. The second-order valence-corrected chi connectivity index (χ2v) is 8.20. The van der Waals surface area contributed by atoms with Gasteiger partial charge in [-0.25, -0.2) is 4.79 Å². The fraction of sp³-hybridized carbons (Fsp3) is 0.391. The summed E-state index contributed by atoms with van der Waals surface area (Å²) in [5.41, 5.74) is 2.61. The third-order valence-corrected chi connectivity index (χ3v) is 6.57. The lowest BCUT2D eigenvalue weighted by atomic mass is 9.89. The molecule has 1 amide bonds. The molecule has 2 N–H and O–H groups in total. The lowest BCUT2D eigenvalue weighted by Gasteiger charge is -2.28. The Morgan fingerprint density at radius 2 is 1.93 bits per heavy atom. The molecule has 0 aliphatic carbocycles. The Morgan fingerprint density at radius 1 is 1.13 bits per heavy atom. The molecule has 30 heavy (non-hydrogen) atoms. The minimum atomic E-state index is -0.168. The van der Waals surface area contributed by atoms with Gasteiger partial charge in [0.15, 0.2) is 0 Å². The zero-order chi connectivity index (χ0) is 20.7. The van der Waals surface area contributed by atoms with Gasteiger partial charge >= 0.3 is 5.69 Å². The summed E-state index contributed by atoms with van der Waals surface area (Å²) in [6, 6.07) is 15.7. The van der Waals surface area contributed by atoms with Crippen LogP contribution >= 0.6 is 0 Å². The summed E-state index contributed by atoms with van der Waals surface area (Å²) in [4.78, 5) is 30.5. The van der Waals surface area contributed by atoms with Crippen LogP contribution in [0.2, 0.25) is 0 Å². The summed E-state index contributed by atoms with van der Waals surface area (Å²) in [5.74, 6) is 1.80. The quantitative estimate of drug-likeness (QED) is 0.681. The largest absolute Gasteiger partial charge is 0.497 e. The van der Waals surface area contributed by atoms with Crippen LogP contribution in [0, 0.1) is 11.8 Å². The van der Waals surface area contributed by atoms with E-state index in [1.807, 2.05) is 41.3 Å². The van der Waals surface area contributed by atoms with Crippen LogP contribution in [0.15, 0.2) is 53.3 Å². The van der Waals surface area contributed by atoms with E-state index in [9.17, 15) is 9.59 Å². The number of hydrogen-bond acceptors (Lipinski definition) is 4. The number of ether oxygens (including phenoxy) is 1. The van der Waals surface area contributed by atoms with Gasteiger partial charge in [-0.15, -0.1) is 0 Å². The highest BCUT2D eigenvalue weighted by Crippen LogP contribution is 2.43. The molecule has 0 bridgehead atoms. The summed E-state index contributed by atoms with van der Waals surface area (Å²) in [7, 11) is 1.66. The number of methoxy groups -OCH3 is 1. The smallest absolute Gasteiger partial charge is 0.326 e. The van der Waals surface area contributed by atoms with Gasteiger partial charge < -0.3 is 19.9 Å². The zero-order valence-electron chi connectivity index (χ0n) is 17.0. The van der Waals surface area contributed by atoms with E-state index in [1.165, 1.54) is 0 Å². The molecule has 2 saturated heterocycles. The number of aryl methyl sites for hydroxylation is 1. The van der Waals surface area contributed by atoms with Gasteiger partial charge in [-0.05, 0) is 35.7 Å². The number of carbonyl (C=O) groups excluding carboxylic acids is 1. The first kappa shape index (κ1) is 18.9. The summed E-state index contributed by atoms with van der Waals surface area (Å²) in [6.45, 7) is 3.01. The van der Waals surface area contributed by atoms with Gasteiger partial charge in [0, 0.05) is 38.5 Å². The fourth-order valence-corrected chi connectivity index (χ4v) is 5.09. The van der Waals surface area contributed by atoms with E-state index in [2.05, 4.69) is 22.4 Å². The lowest BCUT2D eigenvalue weighted by molar-refractivity contribution is -0.132. The normalized spacial score (nSPS) is 23.1. The van der Waals surface area contributed by atoms with E-state index in [1.54, 1.807) is 11.7 Å². The molecule has 3 atom stereocenters. The number of rotatable bonds is 5. The lowest BCUT2D eigenvalue weighted by Crippen LogP contribution is -2.35. The highest BCUT2D eigenvalue weighted by atomic mass is 16.5. The number of likely N-dealkylation sites (tertiary alicyclic amines) is 1. The molecule has 0 unspecified atom stereocenters. The van der Waals surface area contributed by atoms with Crippen LogP contribution in [-0.4, -0.2) is 47.1 Å². The molecular formula is C23H26N4O3. The molecule has 7 nitrogen and oxygen atoms in total. The van der Waals surface area contributed by atoms with Gasteiger partial charge in [0.25, 0.3) is 0 Å². The van der Waals surface area contributed by atoms with Crippen molar-refractivity contribution in [1.29, 1.82) is 0 Å². The first-order valence-corrected chi connectivity index (χ1v) is 10.5. The van der Waals surface area contributed by atoms with Crippen molar-refractivity contribution in [3.8, 4) is 5.75 Å². The molecular weight excluding hydrogens is 380 g/mol. The van der Waals surface area contributed by atoms with Gasteiger partial charge in [-0.1, -0.05) is 24.3 Å². The maximum atomic E-state index is 13.3. The van der Waals surface area contributed by atoms with Crippen LogP contribution in [0.25, 0.3) is 11.0 Å². The number of nitrogens with one attached hydrogen (secondary N) is 2. The minimum absolute atomic E-state index is 0.0584. The topological polar surface area (TPSA) is 79.4 Å². The van der Waals surface area contributed by atoms with Crippen LogP contribution in [0.1, 0.15) is 18.0 Å². The number of aromatic nitrogens is 2. The molecule has 3 aromatic rings. The first-order valence-electron chi connectivity index (χ1n) is 10.5. The van der Waals surface area contributed by atoms with Crippen LogP contribution < -0.4 is 15.7 Å². The summed E-state index contributed by atoms with van der Waals surface area (Å²) in [6.07, 6.45) is 0.307. The highest BCUT2D eigenvalue weighted by molar-refractivity contribution is 5.78. The number of H-pyrrole nitrogens is 1. The van der Waals surface area contributed by atoms with Gasteiger partial charge in [0.05, 0.1) is 24.2 Å². The summed E-state index contributed by atoms with van der Waals surface area (Å²) < 4.78 is 6.95. The van der Waals surface area contributed by atoms with Crippen molar-refractivity contribution in [1.82, 2.24) is 19.8 Å². The third kappa shape index (κ3) is 3.19. The SMILES string of the molecule is COc1ccc([C@H]2[C@H]3CNC[C@H]3CN2C(=O)CCn2c(=O)[nH]c3ccccc32)cc1. The van der Waals surface area contributed by atoms with Crippen molar-refractivity contribution >= 4 is 16.9 Å². The molecule has 2 aliphatic heterocycles. The van der Waals surface area contributed by atoms with Crippen LogP contribution in [0.3, 0.4) is 0 Å². The molecule has 2 aromatic carbocycles. The second kappa shape index (κ2) is 7.65. The Kier molecular flexibility index (Phi) is 4.83. The molecule has 0 radical (unpaired) electrons. The predicted molar refractivity (Wildman–Crippen MR) is 114 cm³/mol. The number of benzene rings is 2. The average molecular weight is 406 g/mol. The van der Waals surface area contributed by atoms with Crippen molar-refractivity contribution < 1.29 is 9.53 Å². The summed E-state index contributed by atoms with van der Waals surface area (Å²) >= 11 is 0. The monoisotopic (exact) mass is 406 g/mol. The Labute approximate surface area is 174 Å². The average Bonchev–Trinajstić information content (AvgIpc) is 3.44. The minimum Gasteiger partial charge on any atom is -0.497 e. The van der Waals surface area contributed by atoms with Crippen molar-refractivity contribution in [3.63, 3.8) is 0 Å². The van der Waals surface area contributed by atoms with Gasteiger partial charge in [-0.3, -0.25) is 9.36 Å². The Balaban J connectivity index is 1.37. The van der Waals surface area contributed by atoms with Crippen molar-refractivity contribution in [2.24, 2.45) is 11.8 Å². The van der Waals surface area contributed by atoms with Crippen LogP contribution in [-0.2, 0) is 11.3 Å².